The number of para-hydroxylation sites is 1. The van der Waals surface area contributed by atoms with Gasteiger partial charge in [0.05, 0.1) is 13.7 Å². The fourth-order valence-corrected chi connectivity index (χ4v) is 2.24. The molecule has 4 heteroatoms. The van der Waals surface area contributed by atoms with Gasteiger partial charge in [-0.1, -0.05) is 38.1 Å². The molecular weight excluding hydrogens is 276 g/mol. The second-order valence-electron chi connectivity index (χ2n) is 5.38. The van der Waals surface area contributed by atoms with Crippen LogP contribution in [0.2, 0.25) is 0 Å². The van der Waals surface area contributed by atoms with Crippen molar-refractivity contribution < 1.29 is 9.53 Å². The number of hydrogen-bond acceptors (Lipinski definition) is 3. The lowest BCUT2D eigenvalue weighted by Gasteiger charge is -2.14. The van der Waals surface area contributed by atoms with Crippen molar-refractivity contribution in [1.82, 2.24) is 0 Å². The first-order valence-electron chi connectivity index (χ1n) is 7.37. The van der Waals surface area contributed by atoms with E-state index in [1.165, 1.54) is 5.56 Å². The van der Waals surface area contributed by atoms with Crippen LogP contribution in [0.1, 0.15) is 25.3 Å². The first kappa shape index (κ1) is 15.9. The van der Waals surface area contributed by atoms with E-state index in [1.807, 2.05) is 36.4 Å². The normalized spacial score (nSPS) is 10.4. The maximum absolute atomic E-state index is 12.1. The Balaban J connectivity index is 1.95. The van der Waals surface area contributed by atoms with Gasteiger partial charge in [0.25, 0.3) is 0 Å². The van der Waals surface area contributed by atoms with Crippen molar-refractivity contribution in [2.45, 2.75) is 19.8 Å². The molecule has 0 saturated carbocycles. The van der Waals surface area contributed by atoms with Crippen LogP contribution in [0.5, 0.6) is 5.75 Å². The van der Waals surface area contributed by atoms with E-state index in [0.717, 1.165) is 17.1 Å². The molecule has 0 aliphatic rings. The molecule has 0 radical (unpaired) electrons. The maximum atomic E-state index is 12.1. The molecule has 2 aromatic carbocycles. The summed E-state index contributed by atoms with van der Waals surface area (Å²) in [5.41, 5.74) is 2.93. The zero-order valence-corrected chi connectivity index (χ0v) is 13.2. The molecule has 4 nitrogen and oxygen atoms in total. The van der Waals surface area contributed by atoms with Gasteiger partial charge in [-0.2, -0.15) is 0 Å². The molecule has 0 aliphatic carbocycles. The summed E-state index contributed by atoms with van der Waals surface area (Å²) in [7, 11) is 1.60. The number of rotatable bonds is 6. The first-order valence-corrected chi connectivity index (χ1v) is 7.37. The lowest BCUT2D eigenvalue weighted by atomic mass is 10.0. The molecule has 0 fully saturated rings. The van der Waals surface area contributed by atoms with E-state index in [9.17, 15) is 4.79 Å². The molecule has 0 aromatic heterocycles. The summed E-state index contributed by atoms with van der Waals surface area (Å²) in [6, 6.07) is 15.4. The summed E-state index contributed by atoms with van der Waals surface area (Å²) in [6.45, 7) is 4.49. The number of hydrogen-bond donors (Lipinski definition) is 2. The number of nitrogens with one attached hydrogen (secondary N) is 2. The Morgan fingerprint density at radius 1 is 1.14 bits per heavy atom. The molecule has 2 rings (SSSR count). The van der Waals surface area contributed by atoms with Gasteiger partial charge in [0, 0.05) is 17.4 Å². The lowest BCUT2D eigenvalue weighted by molar-refractivity contribution is -0.114. The van der Waals surface area contributed by atoms with E-state index in [0.29, 0.717) is 5.92 Å². The van der Waals surface area contributed by atoms with Gasteiger partial charge in [0.2, 0.25) is 5.91 Å². The van der Waals surface area contributed by atoms with Gasteiger partial charge in [-0.15, -0.1) is 0 Å². The van der Waals surface area contributed by atoms with Crippen molar-refractivity contribution in [3.8, 4) is 5.75 Å². The molecule has 0 saturated heterocycles. The van der Waals surface area contributed by atoms with E-state index in [2.05, 4.69) is 30.5 Å². The number of anilines is 2. The van der Waals surface area contributed by atoms with Gasteiger partial charge in [-0.3, -0.25) is 4.79 Å². The summed E-state index contributed by atoms with van der Waals surface area (Å²) in [5.74, 6) is 1.04. The van der Waals surface area contributed by atoms with Gasteiger partial charge in [0.15, 0.2) is 0 Å². The first-order chi connectivity index (χ1) is 10.6. The molecule has 1 amide bonds. The van der Waals surface area contributed by atoms with Gasteiger partial charge >= 0.3 is 0 Å². The number of methoxy groups -OCH3 is 1. The molecule has 116 valence electrons. The molecule has 0 aliphatic heterocycles. The van der Waals surface area contributed by atoms with E-state index in [-0.39, 0.29) is 12.5 Å². The molecule has 0 heterocycles. The van der Waals surface area contributed by atoms with Crippen molar-refractivity contribution in [3.05, 3.63) is 54.1 Å². The highest BCUT2D eigenvalue weighted by molar-refractivity contribution is 5.94. The maximum Gasteiger partial charge on any atom is 0.243 e. The van der Waals surface area contributed by atoms with Crippen LogP contribution in [0.3, 0.4) is 0 Å². The van der Waals surface area contributed by atoms with Crippen LogP contribution in [0.15, 0.2) is 48.5 Å². The van der Waals surface area contributed by atoms with Crippen molar-refractivity contribution >= 4 is 17.3 Å². The highest BCUT2D eigenvalue weighted by atomic mass is 16.5. The summed E-state index contributed by atoms with van der Waals surface area (Å²) in [4.78, 5) is 12.1. The van der Waals surface area contributed by atoms with E-state index in [4.69, 9.17) is 4.74 Å². The number of benzene rings is 2. The second kappa shape index (κ2) is 7.50. The Bertz CT molecular complexity index is 638. The fraction of sp³-hybridized carbons (Fsp3) is 0.278. The monoisotopic (exact) mass is 298 g/mol. The number of carbonyl (C=O) groups is 1. The Morgan fingerprint density at radius 3 is 2.64 bits per heavy atom. The van der Waals surface area contributed by atoms with Crippen molar-refractivity contribution in [1.29, 1.82) is 0 Å². The third kappa shape index (κ3) is 4.25. The van der Waals surface area contributed by atoms with Crippen molar-refractivity contribution in [2.75, 3.05) is 24.3 Å². The highest BCUT2D eigenvalue weighted by Gasteiger charge is 2.08. The number of carbonyl (C=O) groups excluding carboxylic acids is 1. The standard InChI is InChI=1S/C18H22N2O2/c1-13(2)16-9-4-5-10-17(16)19-12-18(21)20-14-7-6-8-15(11-14)22-3/h4-11,13,19H,12H2,1-3H3,(H,20,21). The van der Waals surface area contributed by atoms with Crippen LogP contribution in [0, 0.1) is 0 Å². The minimum Gasteiger partial charge on any atom is -0.497 e. The molecule has 0 atom stereocenters. The second-order valence-corrected chi connectivity index (χ2v) is 5.38. The predicted molar refractivity (Wildman–Crippen MR) is 90.6 cm³/mol. The Hall–Kier alpha value is -2.49. The van der Waals surface area contributed by atoms with Crippen LogP contribution >= 0.6 is 0 Å². The van der Waals surface area contributed by atoms with Gasteiger partial charge < -0.3 is 15.4 Å². The van der Waals surface area contributed by atoms with Crippen LogP contribution in [-0.2, 0) is 4.79 Å². The topological polar surface area (TPSA) is 50.4 Å². The molecule has 0 bridgehead atoms. The Labute approximate surface area is 131 Å². The highest BCUT2D eigenvalue weighted by Crippen LogP contribution is 2.23. The third-order valence-corrected chi connectivity index (χ3v) is 3.38. The van der Waals surface area contributed by atoms with E-state index >= 15 is 0 Å². The Kier molecular flexibility index (Phi) is 5.42. The molecule has 2 N–H and O–H groups in total. The zero-order valence-electron chi connectivity index (χ0n) is 13.2. The number of amides is 1. The van der Waals surface area contributed by atoms with Crippen LogP contribution < -0.4 is 15.4 Å². The van der Waals surface area contributed by atoms with Crippen LogP contribution in [-0.4, -0.2) is 19.6 Å². The summed E-state index contributed by atoms with van der Waals surface area (Å²) in [5, 5.41) is 6.05. The van der Waals surface area contributed by atoms with E-state index < -0.39 is 0 Å². The van der Waals surface area contributed by atoms with Crippen molar-refractivity contribution in [3.63, 3.8) is 0 Å². The van der Waals surface area contributed by atoms with E-state index in [1.54, 1.807) is 13.2 Å². The van der Waals surface area contributed by atoms with Gasteiger partial charge in [-0.25, -0.2) is 0 Å². The largest absolute Gasteiger partial charge is 0.497 e. The quantitative estimate of drug-likeness (QED) is 0.851. The molecule has 0 spiro atoms. The number of ether oxygens (including phenoxy) is 1. The zero-order chi connectivity index (χ0) is 15.9. The molecule has 2 aromatic rings. The summed E-state index contributed by atoms with van der Waals surface area (Å²) in [6.07, 6.45) is 0. The van der Waals surface area contributed by atoms with Crippen LogP contribution in [0.25, 0.3) is 0 Å². The molecular formula is C18H22N2O2. The SMILES string of the molecule is COc1cccc(NC(=O)CNc2ccccc2C(C)C)c1. The average Bonchev–Trinajstić information content (AvgIpc) is 2.53. The predicted octanol–water partition coefficient (Wildman–Crippen LogP) is 3.87. The smallest absolute Gasteiger partial charge is 0.243 e. The lowest BCUT2D eigenvalue weighted by Crippen LogP contribution is -2.22. The Morgan fingerprint density at radius 2 is 1.91 bits per heavy atom. The van der Waals surface area contributed by atoms with Crippen molar-refractivity contribution in [2.24, 2.45) is 0 Å². The third-order valence-electron chi connectivity index (χ3n) is 3.38. The molecule has 22 heavy (non-hydrogen) atoms. The summed E-state index contributed by atoms with van der Waals surface area (Å²) < 4.78 is 5.14. The van der Waals surface area contributed by atoms with Crippen LogP contribution in [0.4, 0.5) is 11.4 Å². The summed E-state index contributed by atoms with van der Waals surface area (Å²) >= 11 is 0. The average molecular weight is 298 g/mol. The van der Waals surface area contributed by atoms with Gasteiger partial charge in [-0.05, 0) is 29.7 Å². The minimum absolute atomic E-state index is 0.0909. The molecule has 0 unspecified atom stereocenters. The minimum atomic E-state index is -0.0909. The van der Waals surface area contributed by atoms with Gasteiger partial charge in [0.1, 0.15) is 5.75 Å². The fourth-order valence-electron chi connectivity index (χ4n) is 2.24.